The fraction of sp³-hybridized carbons (Fsp3) is 0.875. The van der Waals surface area contributed by atoms with Crippen LogP contribution in [-0.4, -0.2) is 24.6 Å². The topological polar surface area (TPSA) is 41.6 Å². The number of hydrogen-bond acceptors (Lipinski definition) is 3. The van der Waals surface area contributed by atoms with Crippen LogP contribution >= 0.6 is 0 Å². The Hall–Kier alpha value is -0.610. The summed E-state index contributed by atoms with van der Waals surface area (Å²) in [6.07, 6.45) is 7.47. The van der Waals surface area contributed by atoms with Crippen molar-refractivity contribution >= 4 is 6.41 Å². The molecule has 0 spiro atoms. The van der Waals surface area contributed by atoms with Gasteiger partial charge in [0.15, 0.2) is 0 Å². The van der Waals surface area contributed by atoms with E-state index < -0.39 is 0 Å². The van der Waals surface area contributed by atoms with E-state index in [9.17, 15) is 4.79 Å². The van der Waals surface area contributed by atoms with Crippen molar-refractivity contribution in [1.29, 1.82) is 0 Å². The van der Waals surface area contributed by atoms with Gasteiger partial charge in [-0.05, 0) is 12.8 Å². The molecular weight excluding hydrogens is 156 g/mol. The van der Waals surface area contributed by atoms with Crippen LogP contribution in [0.4, 0.5) is 0 Å². The second-order valence-corrected chi connectivity index (χ2v) is 2.95. The van der Waals surface area contributed by atoms with E-state index in [-0.39, 0.29) is 0 Å². The minimum absolute atomic E-state index is 0.665. The Kier molecular flexibility index (Phi) is 4.71. The van der Waals surface area contributed by atoms with E-state index in [0.29, 0.717) is 13.2 Å². The van der Waals surface area contributed by atoms with Crippen LogP contribution in [-0.2, 0) is 9.63 Å². The zero-order valence-corrected chi connectivity index (χ0v) is 7.21. The third kappa shape index (κ3) is 3.69. The van der Waals surface area contributed by atoms with Gasteiger partial charge >= 0.3 is 6.41 Å². The molecule has 69 valence electrons. The lowest BCUT2D eigenvalue weighted by atomic mass is 10.1. The molecule has 0 aromatic rings. The van der Waals surface area contributed by atoms with Gasteiger partial charge in [0, 0.05) is 6.54 Å². The maximum absolute atomic E-state index is 10.3. The first kappa shape index (κ1) is 9.48. The van der Waals surface area contributed by atoms with Crippen molar-refractivity contribution in [3.63, 3.8) is 0 Å². The smallest absolute Gasteiger partial charge is 0.282 e. The highest BCUT2D eigenvalue weighted by Gasteiger charge is 2.03. The first-order chi connectivity index (χ1) is 5.93. The Bertz CT molecular complexity index is 120. The van der Waals surface area contributed by atoms with Gasteiger partial charge in [0.2, 0.25) is 0 Å². The molecule has 1 N–H and O–H groups in total. The lowest BCUT2D eigenvalue weighted by Crippen LogP contribution is -2.38. The van der Waals surface area contributed by atoms with Gasteiger partial charge in [-0.2, -0.15) is 0 Å². The van der Waals surface area contributed by atoms with E-state index in [1.54, 1.807) is 6.41 Å². The summed E-state index contributed by atoms with van der Waals surface area (Å²) in [5.41, 5.74) is 2.55. The number of nitrogens with one attached hydrogen (secondary N) is 1. The van der Waals surface area contributed by atoms with Crippen molar-refractivity contribution in [3.8, 4) is 0 Å². The number of hydrazine groups is 1. The molecule has 1 amide bonds. The Labute approximate surface area is 72.8 Å². The molecule has 0 aromatic heterocycles. The largest absolute Gasteiger partial charge is 0.329 e. The van der Waals surface area contributed by atoms with E-state index in [1.165, 1.54) is 24.3 Å². The molecule has 0 aliphatic carbocycles. The third-order valence-electron chi connectivity index (χ3n) is 1.91. The van der Waals surface area contributed by atoms with Crippen LogP contribution in [0.5, 0.6) is 0 Å². The van der Waals surface area contributed by atoms with Gasteiger partial charge in [0.1, 0.15) is 0 Å². The van der Waals surface area contributed by atoms with Gasteiger partial charge in [-0.1, -0.05) is 19.3 Å². The Morgan fingerprint density at radius 1 is 1.17 bits per heavy atom. The molecule has 1 aliphatic rings. The van der Waals surface area contributed by atoms with E-state index in [1.807, 2.05) is 0 Å². The monoisotopic (exact) mass is 171 g/mol. The Morgan fingerprint density at radius 3 is 2.75 bits per heavy atom. The van der Waals surface area contributed by atoms with Crippen molar-refractivity contribution in [3.05, 3.63) is 0 Å². The van der Waals surface area contributed by atoms with Crippen molar-refractivity contribution < 1.29 is 9.63 Å². The summed E-state index contributed by atoms with van der Waals surface area (Å²) >= 11 is 0. The summed E-state index contributed by atoms with van der Waals surface area (Å²) in [5.74, 6) is 0. The molecular formula is C8H15N2O2. The van der Waals surface area contributed by atoms with Crippen LogP contribution in [0, 0.1) is 0 Å². The highest BCUT2D eigenvalue weighted by molar-refractivity contribution is 5.46. The number of rotatable bonds is 1. The van der Waals surface area contributed by atoms with Crippen LogP contribution in [0.25, 0.3) is 0 Å². The average Bonchev–Trinajstić information content (AvgIpc) is 2.14. The molecule has 1 aliphatic heterocycles. The maximum atomic E-state index is 10.3. The van der Waals surface area contributed by atoms with Gasteiger partial charge in [-0.15, -0.1) is 5.59 Å². The van der Waals surface area contributed by atoms with E-state index in [0.717, 1.165) is 12.8 Å². The first-order valence-corrected chi connectivity index (χ1v) is 4.46. The standard InChI is InChI=1S/C8H15N2O2/c11-8-10-6-4-2-1-3-5-7-12-9-10/h9H,1-7H2. The zero-order chi connectivity index (χ0) is 8.65. The van der Waals surface area contributed by atoms with Gasteiger partial charge in [0.05, 0.1) is 6.61 Å². The van der Waals surface area contributed by atoms with Crippen molar-refractivity contribution in [2.45, 2.75) is 32.1 Å². The van der Waals surface area contributed by atoms with Gasteiger partial charge in [0.25, 0.3) is 0 Å². The highest BCUT2D eigenvalue weighted by Crippen LogP contribution is 2.04. The molecule has 12 heavy (non-hydrogen) atoms. The molecule has 1 saturated heterocycles. The third-order valence-corrected chi connectivity index (χ3v) is 1.91. The second kappa shape index (κ2) is 5.97. The lowest BCUT2D eigenvalue weighted by molar-refractivity contribution is -0.0536. The average molecular weight is 171 g/mol. The number of carbonyl (C=O) groups excluding carboxylic acids is 1. The molecule has 1 fully saturated rings. The van der Waals surface area contributed by atoms with Crippen molar-refractivity contribution in [1.82, 2.24) is 10.6 Å². The van der Waals surface area contributed by atoms with Gasteiger partial charge in [-0.3, -0.25) is 9.63 Å². The molecule has 1 rings (SSSR count). The van der Waals surface area contributed by atoms with Crippen LogP contribution in [0.15, 0.2) is 0 Å². The van der Waals surface area contributed by atoms with Crippen LogP contribution in [0.3, 0.4) is 0 Å². The summed E-state index contributed by atoms with van der Waals surface area (Å²) in [4.78, 5) is 15.3. The fourth-order valence-electron chi connectivity index (χ4n) is 1.21. The predicted molar refractivity (Wildman–Crippen MR) is 44.6 cm³/mol. The number of hydrogen-bond donors (Lipinski definition) is 1. The summed E-state index contributed by atoms with van der Waals surface area (Å²) < 4.78 is 0. The first-order valence-electron chi connectivity index (χ1n) is 4.46. The van der Waals surface area contributed by atoms with E-state index >= 15 is 0 Å². The quantitative estimate of drug-likeness (QED) is 0.633. The van der Waals surface area contributed by atoms with Crippen molar-refractivity contribution in [2.75, 3.05) is 13.2 Å². The molecule has 0 bridgehead atoms. The fourth-order valence-corrected chi connectivity index (χ4v) is 1.21. The molecule has 0 atom stereocenters. The molecule has 4 heteroatoms. The maximum Gasteiger partial charge on any atom is 0.329 e. The van der Waals surface area contributed by atoms with Gasteiger partial charge < -0.3 is 0 Å². The predicted octanol–water partition coefficient (Wildman–Crippen LogP) is 0.756. The van der Waals surface area contributed by atoms with E-state index in [2.05, 4.69) is 5.59 Å². The normalized spacial score (nSPS) is 21.8. The SMILES string of the molecule is O=[C]N1CCCCCCCON1. The van der Waals surface area contributed by atoms with Crippen LogP contribution in [0.2, 0.25) is 0 Å². The second-order valence-electron chi connectivity index (χ2n) is 2.95. The molecule has 0 aromatic carbocycles. The lowest BCUT2D eigenvalue weighted by Gasteiger charge is -2.18. The molecule has 4 nitrogen and oxygen atoms in total. The molecule has 1 heterocycles. The van der Waals surface area contributed by atoms with Gasteiger partial charge in [-0.25, -0.2) is 5.01 Å². The Balaban J connectivity index is 2.21. The van der Waals surface area contributed by atoms with E-state index in [4.69, 9.17) is 4.84 Å². The van der Waals surface area contributed by atoms with Crippen LogP contribution < -0.4 is 5.59 Å². The molecule has 0 unspecified atom stereocenters. The van der Waals surface area contributed by atoms with Crippen LogP contribution in [0.1, 0.15) is 32.1 Å². The highest BCUT2D eigenvalue weighted by atomic mass is 16.7. The summed E-state index contributed by atoms with van der Waals surface area (Å²) in [5, 5.41) is 1.32. The number of amides is 1. The number of nitrogens with zero attached hydrogens (tertiary/aromatic N) is 1. The summed E-state index contributed by atoms with van der Waals surface area (Å²) in [7, 11) is 0. The van der Waals surface area contributed by atoms with Crippen molar-refractivity contribution in [2.24, 2.45) is 0 Å². The minimum atomic E-state index is 0.665. The minimum Gasteiger partial charge on any atom is -0.282 e. The Morgan fingerprint density at radius 2 is 1.92 bits per heavy atom. The summed E-state index contributed by atoms with van der Waals surface area (Å²) in [6, 6.07) is 0. The molecule has 1 radical (unpaired) electrons. The summed E-state index contributed by atoms with van der Waals surface area (Å²) in [6.45, 7) is 1.35. The molecule has 0 saturated carbocycles. The zero-order valence-electron chi connectivity index (χ0n) is 7.21.